The van der Waals surface area contributed by atoms with E-state index in [-0.39, 0.29) is 5.75 Å². The van der Waals surface area contributed by atoms with Gasteiger partial charge in [-0.15, -0.1) is 0 Å². The molecule has 0 amide bonds. The van der Waals surface area contributed by atoms with E-state index in [2.05, 4.69) is 6.58 Å². The number of phenolic OH excluding ortho intramolecular Hbond substituents is 1. The van der Waals surface area contributed by atoms with E-state index in [0.717, 1.165) is 5.57 Å². The Balaban J connectivity index is 3.28. The highest BCUT2D eigenvalue weighted by atomic mass is 16.3. The highest BCUT2D eigenvalue weighted by Crippen LogP contribution is 2.24. The molecule has 0 saturated heterocycles. The normalized spacial score (nSPS) is 9.00. The van der Waals surface area contributed by atoms with Crippen molar-refractivity contribution >= 4 is 5.57 Å². The number of hydrogen-bond acceptors (Lipinski definition) is 2. The highest BCUT2D eigenvalue weighted by molar-refractivity contribution is 5.68. The average Bonchev–Trinajstić information content (AvgIpc) is 2.05. The van der Waals surface area contributed by atoms with Crippen LogP contribution in [0.2, 0.25) is 0 Å². The van der Waals surface area contributed by atoms with Gasteiger partial charge in [-0.25, -0.2) is 0 Å². The second-order valence-electron chi connectivity index (χ2n) is 2.62. The SMILES string of the molecule is C=C(C)c1cc(C#N)ccc1O. The third-order valence-corrected chi connectivity index (χ3v) is 1.59. The molecule has 0 aliphatic heterocycles. The molecule has 0 bridgehead atoms. The molecule has 0 radical (unpaired) electrons. The van der Waals surface area contributed by atoms with Crippen molar-refractivity contribution in [2.75, 3.05) is 0 Å². The molecule has 2 nitrogen and oxygen atoms in total. The predicted molar refractivity (Wildman–Crippen MR) is 47.5 cm³/mol. The molecule has 1 aromatic rings. The quantitative estimate of drug-likeness (QED) is 0.683. The maximum atomic E-state index is 9.33. The van der Waals surface area contributed by atoms with Gasteiger partial charge in [0.2, 0.25) is 0 Å². The maximum absolute atomic E-state index is 9.33. The molecule has 0 atom stereocenters. The van der Waals surface area contributed by atoms with Gasteiger partial charge in [-0.1, -0.05) is 6.58 Å². The number of phenols is 1. The zero-order chi connectivity index (χ0) is 9.14. The summed E-state index contributed by atoms with van der Waals surface area (Å²) in [5.74, 6) is 0.168. The van der Waals surface area contributed by atoms with Crippen molar-refractivity contribution in [1.82, 2.24) is 0 Å². The highest BCUT2D eigenvalue weighted by Gasteiger charge is 2.01. The maximum Gasteiger partial charge on any atom is 0.123 e. The van der Waals surface area contributed by atoms with Gasteiger partial charge in [0.1, 0.15) is 5.75 Å². The van der Waals surface area contributed by atoms with Crippen LogP contribution in [0, 0.1) is 11.3 Å². The Morgan fingerprint density at radius 1 is 1.58 bits per heavy atom. The Morgan fingerprint density at radius 2 is 2.25 bits per heavy atom. The third kappa shape index (κ3) is 1.46. The van der Waals surface area contributed by atoms with E-state index in [0.29, 0.717) is 11.1 Å². The molecular formula is C10H9NO. The lowest BCUT2D eigenvalue weighted by Gasteiger charge is -2.02. The van der Waals surface area contributed by atoms with Crippen LogP contribution in [-0.4, -0.2) is 5.11 Å². The zero-order valence-electron chi connectivity index (χ0n) is 6.83. The number of allylic oxidation sites excluding steroid dienone is 1. The molecule has 0 aliphatic rings. The lowest BCUT2D eigenvalue weighted by molar-refractivity contribution is 0.473. The lowest BCUT2D eigenvalue weighted by Crippen LogP contribution is -1.82. The van der Waals surface area contributed by atoms with Crippen LogP contribution in [0.15, 0.2) is 24.8 Å². The molecular weight excluding hydrogens is 150 g/mol. The van der Waals surface area contributed by atoms with Gasteiger partial charge in [0.25, 0.3) is 0 Å². The Labute approximate surface area is 71.4 Å². The first-order valence-corrected chi connectivity index (χ1v) is 3.54. The van der Waals surface area contributed by atoms with E-state index >= 15 is 0 Å². The number of rotatable bonds is 1. The van der Waals surface area contributed by atoms with Crippen LogP contribution in [0.25, 0.3) is 5.57 Å². The first kappa shape index (κ1) is 8.35. The molecule has 0 aliphatic carbocycles. The fourth-order valence-corrected chi connectivity index (χ4v) is 0.947. The van der Waals surface area contributed by atoms with Crippen LogP contribution < -0.4 is 0 Å². The molecule has 0 unspecified atom stereocenters. The monoisotopic (exact) mass is 159 g/mol. The fourth-order valence-electron chi connectivity index (χ4n) is 0.947. The van der Waals surface area contributed by atoms with Crippen molar-refractivity contribution in [1.29, 1.82) is 5.26 Å². The second-order valence-corrected chi connectivity index (χ2v) is 2.62. The molecule has 0 spiro atoms. The minimum absolute atomic E-state index is 0.168. The first-order valence-electron chi connectivity index (χ1n) is 3.54. The van der Waals surface area contributed by atoms with Crippen molar-refractivity contribution in [2.24, 2.45) is 0 Å². The van der Waals surface area contributed by atoms with E-state index in [1.807, 2.05) is 6.07 Å². The van der Waals surface area contributed by atoms with Gasteiger partial charge in [0, 0.05) is 5.56 Å². The molecule has 1 N–H and O–H groups in total. The number of hydrogen-bond donors (Lipinski definition) is 1. The summed E-state index contributed by atoms with van der Waals surface area (Å²) in [4.78, 5) is 0. The van der Waals surface area contributed by atoms with Gasteiger partial charge < -0.3 is 5.11 Å². The zero-order valence-corrected chi connectivity index (χ0v) is 6.83. The molecule has 1 rings (SSSR count). The Morgan fingerprint density at radius 3 is 2.75 bits per heavy atom. The summed E-state index contributed by atoms with van der Waals surface area (Å²) in [7, 11) is 0. The minimum Gasteiger partial charge on any atom is -0.507 e. The molecule has 0 heterocycles. The Bertz CT molecular complexity index is 361. The number of nitrogens with zero attached hydrogens (tertiary/aromatic N) is 1. The summed E-state index contributed by atoms with van der Waals surface area (Å²) in [6.45, 7) is 5.48. The van der Waals surface area contributed by atoms with E-state index < -0.39 is 0 Å². The number of benzene rings is 1. The largest absolute Gasteiger partial charge is 0.507 e. The fraction of sp³-hybridized carbons (Fsp3) is 0.100. The lowest BCUT2D eigenvalue weighted by atomic mass is 10.1. The van der Waals surface area contributed by atoms with Crippen molar-refractivity contribution < 1.29 is 5.11 Å². The molecule has 0 fully saturated rings. The van der Waals surface area contributed by atoms with Crippen molar-refractivity contribution in [3.8, 4) is 11.8 Å². The van der Waals surface area contributed by atoms with E-state index in [4.69, 9.17) is 5.26 Å². The molecule has 12 heavy (non-hydrogen) atoms. The number of aromatic hydroxyl groups is 1. The summed E-state index contributed by atoms with van der Waals surface area (Å²) in [6, 6.07) is 6.69. The van der Waals surface area contributed by atoms with E-state index in [1.165, 1.54) is 6.07 Å². The van der Waals surface area contributed by atoms with Crippen LogP contribution in [0.5, 0.6) is 5.75 Å². The van der Waals surface area contributed by atoms with Gasteiger partial charge in [-0.3, -0.25) is 0 Å². The Kier molecular flexibility index (Phi) is 2.16. The van der Waals surface area contributed by atoms with E-state index in [9.17, 15) is 5.11 Å². The van der Waals surface area contributed by atoms with Crippen LogP contribution in [0.1, 0.15) is 18.1 Å². The van der Waals surface area contributed by atoms with Crippen LogP contribution in [0.3, 0.4) is 0 Å². The molecule has 60 valence electrons. The van der Waals surface area contributed by atoms with Crippen molar-refractivity contribution in [3.63, 3.8) is 0 Å². The standard InChI is InChI=1S/C10H9NO/c1-7(2)9-5-8(6-11)3-4-10(9)12/h3-5,12H,1H2,2H3. The Hall–Kier alpha value is -1.75. The molecule has 0 saturated carbocycles. The van der Waals surface area contributed by atoms with Gasteiger partial charge >= 0.3 is 0 Å². The summed E-state index contributed by atoms with van der Waals surface area (Å²) in [5, 5.41) is 17.9. The molecule has 2 heteroatoms. The van der Waals surface area contributed by atoms with Gasteiger partial charge in [-0.05, 0) is 30.7 Å². The third-order valence-electron chi connectivity index (χ3n) is 1.59. The van der Waals surface area contributed by atoms with Gasteiger partial charge in [0.05, 0.1) is 11.6 Å². The van der Waals surface area contributed by atoms with Crippen LogP contribution in [0.4, 0.5) is 0 Å². The summed E-state index contributed by atoms with van der Waals surface area (Å²) in [5.41, 5.74) is 1.92. The number of nitriles is 1. The summed E-state index contributed by atoms with van der Waals surface area (Å²) in [6.07, 6.45) is 0. The van der Waals surface area contributed by atoms with Gasteiger partial charge in [-0.2, -0.15) is 5.26 Å². The van der Waals surface area contributed by atoms with Crippen LogP contribution in [-0.2, 0) is 0 Å². The first-order chi connectivity index (χ1) is 5.65. The minimum atomic E-state index is 0.168. The van der Waals surface area contributed by atoms with Gasteiger partial charge in [0.15, 0.2) is 0 Å². The summed E-state index contributed by atoms with van der Waals surface area (Å²) < 4.78 is 0. The topological polar surface area (TPSA) is 44.0 Å². The van der Waals surface area contributed by atoms with Crippen LogP contribution >= 0.6 is 0 Å². The van der Waals surface area contributed by atoms with Crippen molar-refractivity contribution in [3.05, 3.63) is 35.9 Å². The van der Waals surface area contributed by atoms with Crippen molar-refractivity contribution in [2.45, 2.75) is 6.92 Å². The summed E-state index contributed by atoms with van der Waals surface area (Å²) >= 11 is 0. The molecule has 0 aromatic heterocycles. The van der Waals surface area contributed by atoms with E-state index in [1.54, 1.807) is 19.1 Å². The molecule has 1 aromatic carbocycles. The average molecular weight is 159 g/mol. The second kappa shape index (κ2) is 3.10. The predicted octanol–water partition coefficient (Wildman–Crippen LogP) is 2.30. The smallest absolute Gasteiger partial charge is 0.123 e.